The van der Waals surface area contributed by atoms with Crippen LogP contribution in [-0.4, -0.2) is 47.7 Å². The van der Waals surface area contributed by atoms with E-state index < -0.39 is 12.1 Å². The molecule has 0 spiro atoms. The molecule has 296 valence electrons. The van der Waals surface area contributed by atoms with Gasteiger partial charge in [-0.05, 0) is 76.6 Å². The third-order valence-electron chi connectivity index (χ3n) is 11.3. The summed E-state index contributed by atoms with van der Waals surface area (Å²) < 4.78 is 5.88. The molecule has 7 nitrogen and oxygen atoms in total. The number of aliphatic hydroxyl groups is 1. The number of ether oxygens (including phenoxy) is 1. The fourth-order valence-corrected chi connectivity index (χ4v) is 8.78. The largest absolute Gasteiger partial charge is 0.511 e. The minimum absolute atomic E-state index is 0.0870. The highest BCUT2D eigenvalue weighted by Gasteiger charge is 2.34. The van der Waals surface area contributed by atoms with Crippen molar-refractivity contribution in [2.75, 3.05) is 13.2 Å². The van der Waals surface area contributed by atoms with Crippen LogP contribution in [0.4, 0.5) is 4.79 Å². The Morgan fingerprint density at radius 3 is 2.00 bits per heavy atom. The Balaban J connectivity index is 1.08. The van der Waals surface area contributed by atoms with E-state index in [1.807, 2.05) is 80.6 Å². The number of hydrogen-bond acceptors (Lipinski definition) is 6. The summed E-state index contributed by atoms with van der Waals surface area (Å²) in [5.41, 5.74) is 8.39. The molecule has 0 bridgehead atoms. The molecule has 5 aromatic carbocycles. The molecule has 2 aliphatic rings. The first-order valence-electron chi connectivity index (χ1n) is 20.0. The number of rotatable bonds is 14. The Bertz CT molecular complexity index is 2280. The molecule has 7 rings (SSSR count). The first-order chi connectivity index (χ1) is 28.0. The van der Waals surface area contributed by atoms with E-state index in [0.29, 0.717) is 60.5 Å². The molecule has 2 N–H and O–H groups in total. The van der Waals surface area contributed by atoms with Gasteiger partial charge < -0.3 is 15.2 Å². The number of hydrogen-bond donors (Lipinski definition) is 2. The SMILES string of the molecule is CC(=NCCCC[C@H](NC(=O)OCC1c2ccccc2-c2ccccc21)C(=O)c1ccc(C(c2ccccc2)c2ccccc2)c(Cl)c1)C1=C(O)CC(C)(C)CC1=O. The summed E-state index contributed by atoms with van der Waals surface area (Å²) in [6.45, 7) is 6.20. The molecule has 0 aliphatic heterocycles. The summed E-state index contributed by atoms with van der Waals surface area (Å²) in [4.78, 5) is 45.3. The lowest BCUT2D eigenvalue weighted by molar-refractivity contribution is -0.117. The van der Waals surface area contributed by atoms with Gasteiger partial charge in [0.05, 0.1) is 11.6 Å². The van der Waals surface area contributed by atoms with Crippen molar-refractivity contribution in [2.45, 2.75) is 70.8 Å². The normalized spacial score (nSPS) is 15.5. The van der Waals surface area contributed by atoms with Crippen molar-refractivity contribution in [1.29, 1.82) is 0 Å². The van der Waals surface area contributed by atoms with Crippen LogP contribution in [-0.2, 0) is 9.53 Å². The lowest BCUT2D eigenvalue weighted by atomic mass is 9.76. The van der Waals surface area contributed by atoms with Crippen molar-refractivity contribution < 1.29 is 24.2 Å². The summed E-state index contributed by atoms with van der Waals surface area (Å²) in [6, 6.07) is 41.0. The smallest absolute Gasteiger partial charge is 0.407 e. The highest BCUT2D eigenvalue weighted by molar-refractivity contribution is 6.32. The molecule has 0 unspecified atom stereocenters. The van der Waals surface area contributed by atoms with E-state index in [9.17, 15) is 19.5 Å². The summed E-state index contributed by atoms with van der Waals surface area (Å²) in [5.74, 6) is -0.562. The number of ketones is 2. The highest BCUT2D eigenvalue weighted by atomic mass is 35.5. The van der Waals surface area contributed by atoms with Crippen LogP contribution in [0.1, 0.15) is 103 Å². The number of halogens is 1. The molecular formula is C50H49ClN2O5. The van der Waals surface area contributed by atoms with Crippen molar-refractivity contribution in [3.63, 3.8) is 0 Å². The van der Waals surface area contributed by atoms with Gasteiger partial charge in [0, 0.05) is 47.5 Å². The number of fused-ring (bicyclic) bond motifs is 3. The summed E-state index contributed by atoms with van der Waals surface area (Å²) in [7, 11) is 0. The zero-order valence-electron chi connectivity index (χ0n) is 33.2. The quantitative estimate of drug-likeness (QED) is 0.0504. The predicted molar refractivity (Wildman–Crippen MR) is 231 cm³/mol. The third kappa shape index (κ3) is 9.00. The Morgan fingerprint density at radius 1 is 0.828 bits per heavy atom. The lowest BCUT2D eigenvalue weighted by Gasteiger charge is -2.29. The second-order valence-electron chi connectivity index (χ2n) is 16.1. The van der Waals surface area contributed by atoms with Crippen molar-refractivity contribution >= 4 is 35.0 Å². The van der Waals surface area contributed by atoms with Gasteiger partial charge in [0.25, 0.3) is 0 Å². The van der Waals surface area contributed by atoms with Gasteiger partial charge in [-0.1, -0.05) is 147 Å². The van der Waals surface area contributed by atoms with Crippen molar-refractivity contribution in [1.82, 2.24) is 5.32 Å². The van der Waals surface area contributed by atoms with E-state index in [1.165, 1.54) is 0 Å². The molecule has 1 atom stereocenters. The van der Waals surface area contributed by atoms with Gasteiger partial charge in [-0.25, -0.2) is 4.79 Å². The van der Waals surface area contributed by atoms with E-state index >= 15 is 0 Å². The second kappa shape index (κ2) is 17.8. The fraction of sp³-hybridized carbons (Fsp3) is 0.280. The van der Waals surface area contributed by atoms with E-state index in [4.69, 9.17) is 16.3 Å². The maximum absolute atomic E-state index is 14.3. The fourth-order valence-electron chi connectivity index (χ4n) is 8.49. The number of nitrogens with one attached hydrogen (secondary N) is 1. The number of carbonyl (C=O) groups excluding carboxylic acids is 3. The van der Waals surface area contributed by atoms with Crippen LogP contribution in [0.25, 0.3) is 11.1 Å². The molecule has 1 amide bonds. The molecule has 5 aromatic rings. The van der Waals surface area contributed by atoms with Crippen molar-refractivity contribution in [2.24, 2.45) is 10.4 Å². The van der Waals surface area contributed by atoms with Gasteiger partial charge in [0.15, 0.2) is 11.6 Å². The van der Waals surface area contributed by atoms with Gasteiger partial charge in [-0.3, -0.25) is 14.6 Å². The van der Waals surface area contributed by atoms with Crippen LogP contribution in [0.2, 0.25) is 5.02 Å². The number of carbonyl (C=O) groups is 3. The van der Waals surface area contributed by atoms with Gasteiger partial charge in [-0.2, -0.15) is 0 Å². The first-order valence-corrected chi connectivity index (χ1v) is 20.4. The average Bonchev–Trinajstić information content (AvgIpc) is 3.53. The first kappa shape index (κ1) is 40.4. The van der Waals surface area contributed by atoms with Crippen LogP contribution in [0, 0.1) is 5.41 Å². The monoisotopic (exact) mass is 792 g/mol. The average molecular weight is 793 g/mol. The molecule has 58 heavy (non-hydrogen) atoms. The number of amides is 1. The number of allylic oxidation sites excluding steroid dienone is 2. The number of unbranched alkanes of at least 4 members (excludes halogenated alkanes) is 1. The van der Waals surface area contributed by atoms with Crippen LogP contribution in [0.15, 0.2) is 144 Å². The number of aliphatic hydroxyl groups excluding tert-OH is 1. The topological polar surface area (TPSA) is 105 Å². The summed E-state index contributed by atoms with van der Waals surface area (Å²) in [5, 5.41) is 14.0. The zero-order valence-corrected chi connectivity index (χ0v) is 34.0. The number of benzene rings is 5. The minimum Gasteiger partial charge on any atom is -0.511 e. The number of alkyl carbamates (subject to hydrolysis) is 1. The third-order valence-corrected chi connectivity index (χ3v) is 11.6. The second-order valence-corrected chi connectivity index (χ2v) is 16.5. The summed E-state index contributed by atoms with van der Waals surface area (Å²) >= 11 is 7.03. The molecule has 0 aromatic heterocycles. The van der Waals surface area contributed by atoms with Gasteiger partial charge in [0.1, 0.15) is 12.4 Å². The maximum Gasteiger partial charge on any atom is 0.407 e. The van der Waals surface area contributed by atoms with E-state index in [-0.39, 0.29) is 41.2 Å². The summed E-state index contributed by atoms with van der Waals surface area (Å²) in [6.07, 6.45) is 1.58. The predicted octanol–water partition coefficient (Wildman–Crippen LogP) is 11.4. The lowest BCUT2D eigenvalue weighted by Crippen LogP contribution is -2.41. The molecular weight excluding hydrogens is 744 g/mol. The van der Waals surface area contributed by atoms with Gasteiger partial charge in [-0.15, -0.1) is 0 Å². The van der Waals surface area contributed by atoms with Crippen LogP contribution < -0.4 is 5.32 Å². The van der Waals surface area contributed by atoms with E-state index in [2.05, 4.69) is 58.8 Å². The Morgan fingerprint density at radius 2 is 1.41 bits per heavy atom. The standard InChI is InChI=1S/C50H49ClN2O5/c1-32(46-44(54)29-50(2,3)30-45(46)55)52-27-15-14-24-43(53-49(57)58-31-41-38-22-12-10-20-36(38)37-21-11-13-23-39(37)41)48(56)35-25-26-40(42(51)28-35)47(33-16-6-4-7-17-33)34-18-8-5-9-19-34/h4-13,16-23,25-26,28,41,43,47,54H,14-15,24,27,29-31H2,1-3H3,(H,53,57)/t43-/m0/s1. The molecule has 2 aliphatic carbocycles. The van der Waals surface area contributed by atoms with E-state index in [1.54, 1.807) is 19.1 Å². The molecule has 0 fully saturated rings. The number of Topliss-reactive ketones (excluding diaryl/α,β-unsaturated/α-hetero) is 2. The highest BCUT2D eigenvalue weighted by Crippen LogP contribution is 2.44. The zero-order chi connectivity index (χ0) is 40.8. The molecule has 8 heteroatoms. The minimum atomic E-state index is -0.893. The number of nitrogens with zero attached hydrogens (tertiary/aromatic N) is 1. The van der Waals surface area contributed by atoms with Crippen LogP contribution in [0.3, 0.4) is 0 Å². The van der Waals surface area contributed by atoms with Gasteiger partial charge >= 0.3 is 6.09 Å². The van der Waals surface area contributed by atoms with Gasteiger partial charge in [0.2, 0.25) is 0 Å². The van der Waals surface area contributed by atoms with Crippen LogP contribution in [0.5, 0.6) is 0 Å². The Hall–Kier alpha value is -5.79. The molecule has 0 radical (unpaired) electrons. The Labute approximate surface area is 345 Å². The van der Waals surface area contributed by atoms with E-state index in [0.717, 1.165) is 38.9 Å². The van der Waals surface area contributed by atoms with Crippen molar-refractivity contribution in [3.8, 4) is 11.1 Å². The van der Waals surface area contributed by atoms with Crippen molar-refractivity contribution in [3.05, 3.63) is 177 Å². The molecule has 0 heterocycles. The molecule has 0 saturated carbocycles. The Kier molecular flexibility index (Phi) is 12.4. The number of aliphatic imine (C=N–C) groups is 1. The molecule has 0 saturated heterocycles. The van der Waals surface area contributed by atoms with Crippen LogP contribution >= 0.6 is 11.6 Å². The maximum atomic E-state index is 14.3.